The third-order valence-corrected chi connectivity index (χ3v) is 5.40. The summed E-state index contributed by atoms with van der Waals surface area (Å²) in [7, 11) is 0. The molecule has 3 N–H and O–H groups in total. The summed E-state index contributed by atoms with van der Waals surface area (Å²) in [5.74, 6) is -1.13. The minimum absolute atomic E-state index is 0.0410. The zero-order chi connectivity index (χ0) is 23.8. The number of nitrogens with one attached hydrogen (secondary N) is 1. The van der Waals surface area contributed by atoms with Crippen LogP contribution >= 0.6 is 0 Å². The van der Waals surface area contributed by atoms with Crippen molar-refractivity contribution in [2.24, 2.45) is 0 Å². The first-order valence-electron chi connectivity index (χ1n) is 10.6. The Morgan fingerprint density at radius 2 is 1.79 bits per heavy atom. The third kappa shape index (κ3) is 6.53. The molecule has 2 amide bonds. The van der Waals surface area contributed by atoms with E-state index < -0.39 is 4.92 Å². The van der Waals surface area contributed by atoms with Gasteiger partial charge in [0.1, 0.15) is 0 Å². The molecule has 10 heteroatoms. The van der Waals surface area contributed by atoms with E-state index >= 15 is 0 Å². The summed E-state index contributed by atoms with van der Waals surface area (Å²) in [6, 6.07) is 10.2. The van der Waals surface area contributed by atoms with Gasteiger partial charge in [-0.25, -0.2) is 0 Å². The molecule has 0 radical (unpaired) electrons. The quantitative estimate of drug-likeness (QED) is 0.182. The summed E-state index contributed by atoms with van der Waals surface area (Å²) in [5, 5.41) is 32.6. The molecule has 2 aromatic rings. The van der Waals surface area contributed by atoms with Crippen LogP contribution in [0.15, 0.2) is 48.5 Å². The molecule has 0 unspecified atom stereocenters. The molecular weight excluding hydrogens is 428 g/mol. The Hall–Kier alpha value is -3.92. The van der Waals surface area contributed by atoms with Gasteiger partial charge in [-0.2, -0.15) is 0 Å². The Morgan fingerprint density at radius 1 is 1.06 bits per heavy atom. The maximum atomic E-state index is 12.4. The van der Waals surface area contributed by atoms with Gasteiger partial charge in [-0.05, 0) is 43.3 Å². The van der Waals surface area contributed by atoms with Crippen molar-refractivity contribution in [3.63, 3.8) is 0 Å². The van der Waals surface area contributed by atoms with E-state index in [2.05, 4.69) is 10.2 Å². The number of amides is 2. The Bertz CT molecular complexity index is 1050. The van der Waals surface area contributed by atoms with Gasteiger partial charge < -0.3 is 20.4 Å². The molecule has 0 spiro atoms. The molecule has 10 nitrogen and oxygen atoms in total. The highest BCUT2D eigenvalue weighted by molar-refractivity contribution is 5.94. The standard InChI is InChI=1S/C23H26N4O6/c28-20-8-6-18(16-21(20)29)23(31)24-10-3-11-25-12-14-26(15-13-25)22(30)9-7-17-4-1-2-5-19(17)27(32)33/h1-2,4-9,16,28-29H,3,10-15H2,(H,24,31). The van der Waals surface area contributed by atoms with Gasteiger partial charge in [0.2, 0.25) is 5.91 Å². The van der Waals surface area contributed by atoms with E-state index in [0.29, 0.717) is 38.3 Å². The second kappa shape index (κ2) is 11.1. The Kier molecular flexibility index (Phi) is 7.98. The number of piperazine rings is 1. The van der Waals surface area contributed by atoms with Crippen LogP contribution in [-0.4, -0.2) is 76.0 Å². The Morgan fingerprint density at radius 3 is 2.48 bits per heavy atom. The molecule has 0 saturated carbocycles. The topological polar surface area (TPSA) is 136 Å². The van der Waals surface area contributed by atoms with E-state index in [-0.39, 0.29) is 34.6 Å². The lowest BCUT2D eigenvalue weighted by Gasteiger charge is -2.34. The van der Waals surface area contributed by atoms with Crippen molar-refractivity contribution in [3.8, 4) is 11.5 Å². The molecule has 33 heavy (non-hydrogen) atoms. The van der Waals surface area contributed by atoms with E-state index in [1.54, 1.807) is 23.1 Å². The average molecular weight is 454 g/mol. The molecule has 2 aromatic carbocycles. The maximum Gasteiger partial charge on any atom is 0.276 e. The van der Waals surface area contributed by atoms with E-state index in [0.717, 1.165) is 13.0 Å². The number of rotatable bonds is 8. The van der Waals surface area contributed by atoms with Crippen molar-refractivity contribution in [3.05, 3.63) is 69.8 Å². The van der Waals surface area contributed by atoms with Crippen molar-refractivity contribution < 1.29 is 24.7 Å². The normalized spacial score (nSPS) is 14.4. The smallest absolute Gasteiger partial charge is 0.276 e. The van der Waals surface area contributed by atoms with Crippen LogP contribution in [-0.2, 0) is 4.79 Å². The summed E-state index contributed by atoms with van der Waals surface area (Å²) >= 11 is 0. The fourth-order valence-corrected chi connectivity index (χ4v) is 3.52. The molecular formula is C23H26N4O6. The van der Waals surface area contributed by atoms with Crippen LogP contribution in [0.1, 0.15) is 22.3 Å². The first-order chi connectivity index (χ1) is 15.8. The first-order valence-corrected chi connectivity index (χ1v) is 10.6. The number of carbonyl (C=O) groups is 2. The van der Waals surface area contributed by atoms with Gasteiger partial charge in [-0.3, -0.25) is 24.6 Å². The van der Waals surface area contributed by atoms with E-state index in [4.69, 9.17) is 0 Å². The van der Waals surface area contributed by atoms with Crippen molar-refractivity contribution >= 4 is 23.6 Å². The lowest BCUT2D eigenvalue weighted by Crippen LogP contribution is -2.48. The summed E-state index contributed by atoms with van der Waals surface area (Å²) in [6.07, 6.45) is 3.57. The summed E-state index contributed by atoms with van der Waals surface area (Å²) < 4.78 is 0. The molecule has 1 aliphatic rings. The Balaban J connectivity index is 1.38. The Labute approximate surface area is 190 Å². The molecule has 1 fully saturated rings. The molecule has 1 aliphatic heterocycles. The van der Waals surface area contributed by atoms with Gasteiger partial charge in [-0.15, -0.1) is 0 Å². The van der Waals surface area contributed by atoms with Crippen molar-refractivity contribution in [2.75, 3.05) is 39.3 Å². The van der Waals surface area contributed by atoms with Gasteiger partial charge in [0, 0.05) is 50.4 Å². The molecule has 0 aliphatic carbocycles. The number of para-hydroxylation sites is 1. The second-order valence-electron chi connectivity index (χ2n) is 7.63. The highest BCUT2D eigenvalue weighted by Gasteiger charge is 2.20. The molecule has 0 bridgehead atoms. The first kappa shape index (κ1) is 23.7. The zero-order valence-corrected chi connectivity index (χ0v) is 18.0. The summed E-state index contributed by atoms with van der Waals surface area (Å²) in [5.41, 5.74) is 0.617. The largest absolute Gasteiger partial charge is 0.504 e. The van der Waals surface area contributed by atoms with Gasteiger partial charge in [0.25, 0.3) is 11.6 Å². The van der Waals surface area contributed by atoms with Crippen LogP contribution < -0.4 is 5.32 Å². The van der Waals surface area contributed by atoms with E-state index in [9.17, 15) is 29.9 Å². The predicted molar refractivity (Wildman–Crippen MR) is 122 cm³/mol. The third-order valence-electron chi connectivity index (χ3n) is 5.40. The number of aromatic hydroxyl groups is 2. The van der Waals surface area contributed by atoms with Crippen LogP contribution in [0.25, 0.3) is 6.08 Å². The number of carbonyl (C=O) groups excluding carboxylic acids is 2. The number of benzene rings is 2. The lowest BCUT2D eigenvalue weighted by molar-refractivity contribution is -0.385. The van der Waals surface area contributed by atoms with Crippen molar-refractivity contribution in [1.29, 1.82) is 0 Å². The molecule has 174 valence electrons. The predicted octanol–water partition coefficient (Wildman–Crippen LogP) is 1.98. The number of phenols is 2. The van der Waals surface area contributed by atoms with Crippen molar-refractivity contribution in [1.82, 2.24) is 15.1 Å². The summed E-state index contributed by atoms with van der Waals surface area (Å²) in [6.45, 7) is 3.72. The number of hydrogen-bond donors (Lipinski definition) is 3. The van der Waals surface area contributed by atoms with Crippen LogP contribution in [0.5, 0.6) is 11.5 Å². The molecule has 0 aromatic heterocycles. The number of nitrogens with zero attached hydrogens (tertiary/aromatic N) is 3. The average Bonchev–Trinajstić information content (AvgIpc) is 2.82. The van der Waals surface area contributed by atoms with E-state index in [1.807, 2.05) is 0 Å². The monoisotopic (exact) mass is 454 g/mol. The number of hydrogen-bond acceptors (Lipinski definition) is 7. The minimum Gasteiger partial charge on any atom is -0.504 e. The fourth-order valence-electron chi connectivity index (χ4n) is 3.52. The fraction of sp³-hybridized carbons (Fsp3) is 0.304. The SMILES string of the molecule is O=C(NCCCN1CCN(C(=O)C=Cc2ccccc2[N+](=O)[O-])CC1)c1ccc(O)c(O)c1. The van der Waals surface area contributed by atoms with Crippen LogP contribution in [0.3, 0.4) is 0 Å². The second-order valence-corrected chi connectivity index (χ2v) is 7.63. The lowest BCUT2D eigenvalue weighted by atomic mass is 10.1. The van der Waals surface area contributed by atoms with Gasteiger partial charge in [0.15, 0.2) is 11.5 Å². The number of nitro benzene ring substituents is 1. The molecule has 1 saturated heterocycles. The highest BCUT2D eigenvalue weighted by atomic mass is 16.6. The maximum absolute atomic E-state index is 12.4. The van der Waals surface area contributed by atoms with Crippen LogP contribution in [0.4, 0.5) is 5.69 Å². The molecule has 0 atom stereocenters. The van der Waals surface area contributed by atoms with Gasteiger partial charge in [-0.1, -0.05) is 12.1 Å². The zero-order valence-electron chi connectivity index (χ0n) is 18.0. The van der Waals surface area contributed by atoms with Gasteiger partial charge >= 0.3 is 0 Å². The van der Waals surface area contributed by atoms with E-state index in [1.165, 1.54) is 36.4 Å². The molecule has 1 heterocycles. The van der Waals surface area contributed by atoms with Crippen LogP contribution in [0.2, 0.25) is 0 Å². The molecule has 3 rings (SSSR count). The number of nitro groups is 1. The van der Waals surface area contributed by atoms with Gasteiger partial charge in [0.05, 0.1) is 10.5 Å². The number of phenolic OH excluding ortho intramolecular Hbond substituents is 2. The highest BCUT2D eigenvalue weighted by Crippen LogP contribution is 2.24. The van der Waals surface area contributed by atoms with Crippen molar-refractivity contribution in [2.45, 2.75) is 6.42 Å². The summed E-state index contributed by atoms with van der Waals surface area (Å²) in [4.78, 5) is 39.1. The minimum atomic E-state index is -0.472. The van der Waals surface area contributed by atoms with Crippen LogP contribution in [0, 0.1) is 10.1 Å².